The van der Waals surface area contributed by atoms with Crippen molar-refractivity contribution in [2.75, 3.05) is 23.1 Å². The SMILES string of the molecule is Cc1cc(NS(=O)(=O)C2CC2)c2ccccc2c1Oc1nccnc1-c1ccnc(NC2CCCNC2)c1. The minimum atomic E-state index is -3.41. The molecule has 1 saturated heterocycles. The number of anilines is 2. The van der Waals surface area contributed by atoms with Crippen LogP contribution >= 0.6 is 0 Å². The van der Waals surface area contributed by atoms with Crippen molar-refractivity contribution in [3.05, 3.63) is 66.6 Å². The van der Waals surface area contributed by atoms with E-state index < -0.39 is 10.0 Å². The van der Waals surface area contributed by atoms with E-state index in [0.717, 1.165) is 53.6 Å². The number of aromatic nitrogens is 3. The Morgan fingerprint density at radius 1 is 0.974 bits per heavy atom. The number of nitrogens with one attached hydrogen (secondary N) is 3. The molecule has 0 radical (unpaired) electrons. The maximum absolute atomic E-state index is 12.7. The maximum atomic E-state index is 12.7. The summed E-state index contributed by atoms with van der Waals surface area (Å²) >= 11 is 0. The lowest BCUT2D eigenvalue weighted by molar-refractivity contribution is 0.464. The summed E-state index contributed by atoms with van der Waals surface area (Å²) in [6, 6.07) is 13.6. The van der Waals surface area contributed by atoms with Gasteiger partial charge in [0.15, 0.2) is 0 Å². The van der Waals surface area contributed by atoms with Crippen LogP contribution in [0.5, 0.6) is 11.6 Å². The second-order valence-electron chi connectivity index (χ2n) is 9.89. The predicted molar refractivity (Wildman–Crippen MR) is 149 cm³/mol. The Morgan fingerprint density at radius 2 is 1.79 bits per heavy atom. The van der Waals surface area contributed by atoms with Crippen LogP contribution < -0.4 is 20.1 Å². The molecule has 2 aromatic heterocycles. The highest BCUT2D eigenvalue weighted by molar-refractivity contribution is 7.93. The van der Waals surface area contributed by atoms with Gasteiger partial charge in [0.25, 0.3) is 0 Å². The van der Waals surface area contributed by atoms with Crippen LogP contribution in [0.4, 0.5) is 11.5 Å². The van der Waals surface area contributed by atoms with E-state index in [4.69, 9.17) is 4.74 Å². The van der Waals surface area contributed by atoms with Gasteiger partial charge in [0, 0.05) is 47.5 Å². The Morgan fingerprint density at radius 3 is 2.58 bits per heavy atom. The minimum absolute atomic E-state index is 0.311. The van der Waals surface area contributed by atoms with Crippen LogP contribution in [0, 0.1) is 6.92 Å². The number of ether oxygens (including phenoxy) is 1. The number of hydrogen-bond donors (Lipinski definition) is 3. The number of fused-ring (bicyclic) bond motifs is 1. The number of benzene rings is 2. The standard InChI is InChI=1S/C28H30N6O3S/c1-18-15-24(34-38(35,36)21-8-9-21)22-6-2-3-7-23(22)27(18)37-28-26(31-13-14-32-28)19-10-12-30-25(16-19)33-20-5-4-11-29-17-20/h2-3,6-7,10,12-16,20-21,29,34H,4-5,8-9,11,17H2,1H3,(H,30,33). The number of rotatable bonds is 8. The number of aryl methyl sites for hydroxylation is 1. The van der Waals surface area contributed by atoms with E-state index in [-0.39, 0.29) is 5.25 Å². The van der Waals surface area contributed by atoms with Gasteiger partial charge in [0.2, 0.25) is 15.9 Å². The maximum Gasteiger partial charge on any atom is 0.246 e. The highest BCUT2D eigenvalue weighted by Gasteiger charge is 2.36. The van der Waals surface area contributed by atoms with Crippen molar-refractivity contribution in [1.29, 1.82) is 0 Å². The molecule has 9 nitrogen and oxygen atoms in total. The van der Waals surface area contributed by atoms with Gasteiger partial charge in [-0.15, -0.1) is 0 Å². The monoisotopic (exact) mass is 530 g/mol. The third-order valence-electron chi connectivity index (χ3n) is 6.94. The van der Waals surface area contributed by atoms with E-state index in [9.17, 15) is 8.42 Å². The molecule has 2 aromatic carbocycles. The fourth-order valence-corrected chi connectivity index (χ4v) is 6.26. The van der Waals surface area contributed by atoms with Crippen LogP contribution in [-0.4, -0.2) is 47.8 Å². The van der Waals surface area contributed by atoms with Gasteiger partial charge in [0.05, 0.1) is 10.9 Å². The van der Waals surface area contributed by atoms with Crippen molar-refractivity contribution in [2.45, 2.75) is 43.9 Å². The molecule has 0 bridgehead atoms. The van der Waals surface area contributed by atoms with Gasteiger partial charge in [0.1, 0.15) is 17.3 Å². The molecule has 3 N–H and O–H groups in total. The highest BCUT2D eigenvalue weighted by Crippen LogP contribution is 2.40. The van der Waals surface area contributed by atoms with E-state index in [0.29, 0.717) is 41.9 Å². The van der Waals surface area contributed by atoms with Gasteiger partial charge in [-0.25, -0.2) is 23.4 Å². The molecule has 1 unspecified atom stereocenters. The van der Waals surface area contributed by atoms with Crippen molar-refractivity contribution < 1.29 is 13.2 Å². The van der Waals surface area contributed by atoms with Crippen molar-refractivity contribution >= 4 is 32.3 Å². The lowest BCUT2D eigenvalue weighted by atomic mass is 10.0. The van der Waals surface area contributed by atoms with Crippen LogP contribution in [0.1, 0.15) is 31.2 Å². The summed E-state index contributed by atoms with van der Waals surface area (Å²) in [5.41, 5.74) is 2.78. The molecule has 38 heavy (non-hydrogen) atoms. The molecule has 0 spiro atoms. The molecule has 1 aliphatic carbocycles. The number of nitrogens with zero attached hydrogens (tertiary/aromatic N) is 3. The summed E-state index contributed by atoms with van der Waals surface area (Å²) in [5.74, 6) is 1.75. The Balaban J connectivity index is 1.34. The summed E-state index contributed by atoms with van der Waals surface area (Å²) in [7, 11) is -3.41. The number of piperidine rings is 1. The van der Waals surface area contributed by atoms with E-state index in [1.807, 2.05) is 49.4 Å². The zero-order valence-corrected chi connectivity index (χ0v) is 22.0. The van der Waals surface area contributed by atoms with E-state index in [2.05, 4.69) is 30.3 Å². The smallest absolute Gasteiger partial charge is 0.246 e. The van der Waals surface area contributed by atoms with Gasteiger partial charge in [-0.2, -0.15) is 0 Å². The molecule has 6 rings (SSSR count). The normalized spacial score (nSPS) is 17.8. The van der Waals surface area contributed by atoms with Gasteiger partial charge in [-0.3, -0.25) is 4.72 Å². The first kappa shape index (κ1) is 24.6. The van der Waals surface area contributed by atoms with Gasteiger partial charge in [-0.05, 0) is 62.9 Å². The molecule has 1 saturated carbocycles. The van der Waals surface area contributed by atoms with Crippen LogP contribution in [0.25, 0.3) is 22.0 Å². The zero-order valence-electron chi connectivity index (χ0n) is 21.1. The molecule has 10 heteroatoms. The van der Waals surface area contributed by atoms with Gasteiger partial charge in [-0.1, -0.05) is 24.3 Å². The van der Waals surface area contributed by atoms with Crippen molar-refractivity contribution in [1.82, 2.24) is 20.3 Å². The first-order chi connectivity index (χ1) is 18.5. The average Bonchev–Trinajstić information content (AvgIpc) is 3.79. The van der Waals surface area contributed by atoms with E-state index in [1.54, 1.807) is 18.6 Å². The zero-order chi connectivity index (χ0) is 26.1. The Hall–Kier alpha value is -3.76. The Labute approximate surface area is 222 Å². The highest BCUT2D eigenvalue weighted by atomic mass is 32.2. The van der Waals surface area contributed by atoms with Gasteiger partial charge >= 0.3 is 0 Å². The summed E-state index contributed by atoms with van der Waals surface area (Å²) in [5, 5.41) is 8.17. The van der Waals surface area contributed by atoms with Crippen LogP contribution in [-0.2, 0) is 10.0 Å². The largest absolute Gasteiger partial charge is 0.436 e. The molecule has 1 atom stereocenters. The topological polar surface area (TPSA) is 118 Å². The fraction of sp³-hybridized carbons (Fsp3) is 0.321. The third-order valence-corrected chi connectivity index (χ3v) is 8.80. The second-order valence-corrected chi connectivity index (χ2v) is 11.9. The molecular weight excluding hydrogens is 500 g/mol. The van der Waals surface area contributed by atoms with Gasteiger partial charge < -0.3 is 15.4 Å². The third kappa shape index (κ3) is 5.14. The number of sulfonamides is 1. The van der Waals surface area contributed by atoms with Crippen LogP contribution in [0.3, 0.4) is 0 Å². The lowest BCUT2D eigenvalue weighted by Crippen LogP contribution is -2.38. The molecule has 4 aromatic rings. The number of hydrogen-bond acceptors (Lipinski definition) is 8. The molecular formula is C28H30N6O3S. The summed E-state index contributed by atoms with van der Waals surface area (Å²) < 4.78 is 34.6. The summed E-state index contributed by atoms with van der Waals surface area (Å²) in [4.78, 5) is 13.6. The van der Waals surface area contributed by atoms with Crippen molar-refractivity contribution in [2.24, 2.45) is 0 Å². The molecule has 196 valence electrons. The first-order valence-corrected chi connectivity index (χ1v) is 14.5. The first-order valence-electron chi connectivity index (χ1n) is 12.9. The fourth-order valence-electron chi connectivity index (χ4n) is 4.86. The van der Waals surface area contributed by atoms with Crippen LogP contribution in [0.2, 0.25) is 0 Å². The Kier molecular flexibility index (Phi) is 6.59. The molecule has 2 aliphatic rings. The average molecular weight is 531 g/mol. The minimum Gasteiger partial charge on any atom is -0.436 e. The molecule has 3 heterocycles. The van der Waals surface area contributed by atoms with E-state index >= 15 is 0 Å². The van der Waals surface area contributed by atoms with Crippen molar-refractivity contribution in [3.8, 4) is 22.9 Å². The molecule has 2 fully saturated rings. The predicted octanol–water partition coefficient (Wildman–Crippen LogP) is 4.86. The number of pyridine rings is 1. The molecule has 0 amide bonds. The summed E-state index contributed by atoms with van der Waals surface area (Å²) in [6.45, 7) is 3.86. The van der Waals surface area contributed by atoms with E-state index in [1.165, 1.54) is 0 Å². The lowest BCUT2D eigenvalue weighted by Gasteiger charge is -2.24. The van der Waals surface area contributed by atoms with Crippen molar-refractivity contribution in [3.63, 3.8) is 0 Å². The second kappa shape index (κ2) is 10.2. The quantitative estimate of drug-likeness (QED) is 0.296. The Bertz CT molecular complexity index is 1580. The van der Waals surface area contributed by atoms with Crippen LogP contribution in [0.15, 0.2) is 61.1 Å². The summed E-state index contributed by atoms with van der Waals surface area (Å²) in [6.07, 6.45) is 8.63. The molecule has 1 aliphatic heterocycles.